The van der Waals surface area contributed by atoms with Gasteiger partial charge < -0.3 is 9.84 Å². The molecule has 1 N–H and O–H groups in total. The molecule has 0 amide bonds. The Bertz CT molecular complexity index is 643. The van der Waals surface area contributed by atoms with E-state index in [4.69, 9.17) is 9.84 Å². The summed E-state index contributed by atoms with van der Waals surface area (Å²) in [5.41, 5.74) is 1.63. The number of carboxylic acid groups (broad SMARTS) is 1. The monoisotopic (exact) mass is 356 g/mol. The van der Waals surface area contributed by atoms with Gasteiger partial charge in [0.15, 0.2) is 5.16 Å². The van der Waals surface area contributed by atoms with Crippen molar-refractivity contribution in [1.29, 1.82) is 0 Å². The highest BCUT2D eigenvalue weighted by Crippen LogP contribution is 2.30. The first-order valence-corrected chi connectivity index (χ1v) is 7.53. The predicted molar refractivity (Wildman–Crippen MR) is 80.9 cm³/mol. The number of hydrogen-bond acceptors (Lipinski definition) is 4. The highest BCUT2D eigenvalue weighted by Gasteiger charge is 2.14. The molecule has 20 heavy (non-hydrogen) atoms. The van der Waals surface area contributed by atoms with Crippen LogP contribution in [0, 0.1) is 6.92 Å². The zero-order valence-electron chi connectivity index (χ0n) is 11.0. The summed E-state index contributed by atoms with van der Waals surface area (Å²) >= 11 is 4.60. The second-order valence-corrected chi connectivity index (χ2v) is 5.89. The molecule has 7 heteroatoms. The summed E-state index contributed by atoms with van der Waals surface area (Å²) in [6.45, 7) is 1.87. The number of thioether (sulfide) groups is 1. The number of aromatic nitrogens is 2. The lowest BCUT2D eigenvalue weighted by Crippen LogP contribution is -2.02. The van der Waals surface area contributed by atoms with Gasteiger partial charge in [-0.3, -0.25) is 9.36 Å². The highest BCUT2D eigenvalue weighted by atomic mass is 79.9. The van der Waals surface area contributed by atoms with Gasteiger partial charge in [-0.1, -0.05) is 27.7 Å². The van der Waals surface area contributed by atoms with Crippen LogP contribution in [0.5, 0.6) is 5.75 Å². The fourth-order valence-electron chi connectivity index (χ4n) is 1.73. The predicted octanol–water partition coefficient (Wildman–Crippen LogP) is 3.13. The van der Waals surface area contributed by atoms with Gasteiger partial charge in [0, 0.05) is 10.7 Å². The number of carboxylic acids is 1. The van der Waals surface area contributed by atoms with Crippen LogP contribution in [0.4, 0.5) is 0 Å². The SMILES string of the molecule is COc1ccc(Br)cc1-n1cc(C)nc1SCC(=O)O. The number of nitrogens with zero attached hydrogens (tertiary/aromatic N) is 2. The number of hydrogen-bond donors (Lipinski definition) is 1. The third-order valence-corrected chi connectivity index (χ3v) is 3.95. The molecule has 0 spiro atoms. The van der Waals surface area contributed by atoms with Crippen LogP contribution in [0.3, 0.4) is 0 Å². The van der Waals surface area contributed by atoms with Crippen molar-refractivity contribution in [2.75, 3.05) is 12.9 Å². The number of aliphatic carboxylic acids is 1. The minimum atomic E-state index is -0.872. The average Bonchev–Trinajstić information content (AvgIpc) is 2.77. The third kappa shape index (κ3) is 3.34. The number of ether oxygens (including phenoxy) is 1. The van der Waals surface area contributed by atoms with Crippen molar-refractivity contribution in [2.24, 2.45) is 0 Å². The third-order valence-electron chi connectivity index (χ3n) is 2.52. The standard InChI is InChI=1S/C13H13BrN2O3S/c1-8-6-16(13(15-8)20-7-12(17)18)10-5-9(14)3-4-11(10)19-2/h3-6H,7H2,1-2H3,(H,17,18). The lowest BCUT2D eigenvalue weighted by atomic mass is 10.3. The van der Waals surface area contributed by atoms with E-state index in [1.165, 1.54) is 11.8 Å². The summed E-state index contributed by atoms with van der Waals surface area (Å²) in [6.07, 6.45) is 1.86. The first kappa shape index (κ1) is 14.9. The number of methoxy groups -OCH3 is 1. The molecule has 5 nitrogen and oxygen atoms in total. The number of carbonyl (C=O) groups is 1. The van der Waals surface area contributed by atoms with E-state index < -0.39 is 5.97 Å². The second kappa shape index (κ2) is 6.32. The number of benzene rings is 1. The molecular formula is C13H13BrN2O3S. The number of halogens is 1. The lowest BCUT2D eigenvalue weighted by Gasteiger charge is -2.12. The maximum absolute atomic E-state index is 10.7. The molecule has 1 aromatic heterocycles. The average molecular weight is 357 g/mol. The lowest BCUT2D eigenvalue weighted by molar-refractivity contribution is -0.133. The van der Waals surface area contributed by atoms with Gasteiger partial charge in [-0.2, -0.15) is 0 Å². The largest absolute Gasteiger partial charge is 0.495 e. The van der Waals surface area contributed by atoms with Crippen molar-refractivity contribution < 1.29 is 14.6 Å². The van der Waals surface area contributed by atoms with Crippen molar-refractivity contribution in [3.63, 3.8) is 0 Å². The van der Waals surface area contributed by atoms with Crippen LogP contribution in [0.1, 0.15) is 5.69 Å². The van der Waals surface area contributed by atoms with Gasteiger partial charge in [-0.15, -0.1) is 0 Å². The van der Waals surface area contributed by atoms with Crippen molar-refractivity contribution >= 4 is 33.7 Å². The molecule has 0 bridgehead atoms. The molecule has 1 aromatic carbocycles. The van der Waals surface area contributed by atoms with Crippen LogP contribution in [0.25, 0.3) is 5.69 Å². The van der Waals surface area contributed by atoms with Crippen LogP contribution in [-0.4, -0.2) is 33.5 Å². The molecule has 0 atom stereocenters. The molecule has 0 saturated heterocycles. The van der Waals surface area contributed by atoms with Gasteiger partial charge in [-0.05, 0) is 25.1 Å². The van der Waals surface area contributed by atoms with Crippen molar-refractivity contribution in [3.05, 3.63) is 34.6 Å². The first-order chi connectivity index (χ1) is 9.51. The zero-order chi connectivity index (χ0) is 14.7. The van der Waals surface area contributed by atoms with Gasteiger partial charge >= 0.3 is 5.97 Å². The van der Waals surface area contributed by atoms with Crippen LogP contribution in [0.2, 0.25) is 0 Å². The van der Waals surface area contributed by atoms with Gasteiger partial charge in [0.2, 0.25) is 0 Å². The van der Waals surface area contributed by atoms with Crippen LogP contribution >= 0.6 is 27.7 Å². The van der Waals surface area contributed by atoms with E-state index in [1.54, 1.807) is 7.11 Å². The van der Waals surface area contributed by atoms with Crippen molar-refractivity contribution in [3.8, 4) is 11.4 Å². The molecule has 106 valence electrons. The minimum Gasteiger partial charge on any atom is -0.495 e. The molecule has 0 aliphatic heterocycles. The maximum atomic E-state index is 10.7. The van der Waals surface area contributed by atoms with Gasteiger partial charge in [0.05, 0.1) is 24.2 Å². The Labute approximate surface area is 129 Å². The molecule has 0 fully saturated rings. The Morgan fingerprint density at radius 2 is 2.30 bits per heavy atom. The van der Waals surface area contributed by atoms with E-state index in [-0.39, 0.29) is 5.75 Å². The zero-order valence-corrected chi connectivity index (χ0v) is 13.4. The van der Waals surface area contributed by atoms with Gasteiger partial charge in [0.25, 0.3) is 0 Å². The summed E-state index contributed by atoms with van der Waals surface area (Å²) in [6, 6.07) is 5.64. The Morgan fingerprint density at radius 3 is 2.95 bits per heavy atom. The van der Waals surface area contributed by atoms with Gasteiger partial charge in [0.1, 0.15) is 5.75 Å². The van der Waals surface area contributed by atoms with E-state index in [0.717, 1.165) is 15.9 Å². The molecule has 2 rings (SSSR count). The van der Waals surface area contributed by atoms with Crippen molar-refractivity contribution in [2.45, 2.75) is 12.1 Å². The number of rotatable bonds is 5. The second-order valence-electron chi connectivity index (χ2n) is 4.03. The molecule has 0 radical (unpaired) electrons. The summed E-state index contributed by atoms with van der Waals surface area (Å²) < 4.78 is 8.10. The van der Waals surface area contributed by atoms with E-state index >= 15 is 0 Å². The Balaban J connectivity index is 2.46. The van der Waals surface area contributed by atoms with Crippen LogP contribution in [0.15, 0.2) is 34.0 Å². The normalized spacial score (nSPS) is 10.6. The highest BCUT2D eigenvalue weighted by molar-refractivity contribution is 9.10. The topological polar surface area (TPSA) is 64.4 Å². The molecule has 2 aromatic rings. The fourth-order valence-corrected chi connectivity index (χ4v) is 2.83. The summed E-state index contributed by atoms with van der Waals surface area (Å²) in [5, 5.41) is 9.42. The van der Waals surface area contributed by atoms with Gasteiger partial charge in [-0.25, -0.2) is 4.98 Å². The van der Waals surface area contributed by atoms with Crippen LogP contribution < -0.4 is 4.74 Å². The molecule has 0 aliphatic rings. The molecule has 0 aliphatic carbocycles. The van der Waals surface area contributed by atoms with Crippen LogP contribution in [-0.2, 0) is 4.79 Å². The number of aryl methyl sites for hydroxylation is 1. The Kier molecular flexibility index (Phi) is 4.72. The Hall–Kier alpha value is -1.47. The first-order valence-electron chi connectivity index (χ1n) is 5.75. The van der Waals surface area contributed by atoms with E-state index in [1.807, 2.05) is 35.9 Å². The van der Waals surface area contributed by atoms with E-state index in [2.05, 4.69) is 20.9 Å². The molecule has 1 heterocycles. The smallest absolute Gasteiger partial charge is 0.313 e. The number of imidazole rings is 1. The summed E-state index contributed by atoms with van der Waals surface area (Å²) in [5.74, 6) is -0.210. The fraction of sp³-hybridized carbons (Fsp3) is 0.231. The molecule has 0 unspecified atom stereocenters. The maximum Gasteiger partial charge on any atom is 0.313 e. The summed E-state index contributed by atoms with van der Waals surface area (Å²) in [7, 11) is 1.60. The summed E-state index contributed by atoms with van der Waals surface area (Å²) in [4.78, 5) is 15.1. The van der Waals surface area contributed by atoms with E-state index in [0.29, 0.717) is 10.9 Å². The molecule has 0 saturated carbocycles. The van der Waals surface area contributed by atoms with E-state index in [9.17, 15) is 4.79 Å². The Morgan fingerprint density at radius 1 is 1.55 bits per heavy atom. The minimum absolute atomic E-state index is 0.0349. The molecular weight excluding hydrogens is 344 g/mol. The van der Waals surface area contributed by atoms with Crippen molar-refractivity contribution in [1.82, 2.24) is 9.55 Å². The quantitative estimate of drug-likeness (QED) is 0.833.